The van der Waals surface area contributed by atoms with Gasteiger partial charge in [0.15, 0.2) is 18.4 Å². The molecular weight excluding hydrogens is 911 g/mol. The van der Waals surface area contributed by atoms with Gasteiger partial charge in [-0.2, -0.15) is 0 Å². The molecule has 6 unspecified atom stereocenters. The lowest BCUT2D eigenvalue weighted by molar-refractivity contribution is -0.376. The Morgan fingerprint density at radius 3 is 1.68 bits per heavy atom. The second kappa shape index (κ2) is 23.2. The van der Waals surface area contributed by atoms with E-state index in [-0.39, 0.29) is 32.1 Å². The predicted molar refractivity (Wildman–Crippen MR) is 244 cm³/mol. The molecule has 398 valence electrons. The van der Waals surface area contributed by atoms with Crippen LogP contribution in [0.25, 0.3) is 0 Å². The van der Waals surface area contributed by atoms with Crippen molar-refractivity contribution < 1.29 is 86.7 Å². The van der Waals surface area contributed by atoms with Gasteiger partial charge < -0.3 is 89.3 Å². The number of alkyl carbamates (subject to hydrolysis) is 4. The number of hydrogen-bond donors (Lipinski definition) is 8. The molecular formula is C46H81N5O18. The van der Waals surface area contributed by atoms with Crippen molar-refractivity contribution in [1.29, 1.82) is 0 Å². The van der Waals surface area contributed by atoms with Gasteiger partial charge in [-0.15, -0.1) is 0 Å². The van der Waals surface area contributed by atoms with E-state index in [0.29, 0.717) is 19.3 Å². The Hall–Kier alpha value is -3.81. The summed E-state index contributed by atoms with van der Waals surface area (Å²) in [6.45, 7) is 25.2. The van der Waals surface area contributed by atoms with Gasteiger partial charge in [0.2, 0.25) is 5.91 Å². The summed E-state index contributed by atoms with van der Waals surface area (Å²) >= 11 is 0. The predicted octanol–water partition coefficient (Wildman–Crippen LogP) is 3.11. The molecule has 5 amide bonds. The van der Waals surface area contributed by atoms with E-state index in [2.05, 4.69) is 26.6 Å². The van der Waals surface area contributed by atoms with E-state index in [4.69, 9.17) is 47.4 Å². The molecule has 0 bridgehead atoms. The normalized spacial score (nSPS) is 32.2. The molecule has 23 heteroatoms. The topological polar surface area (TPSA) is 298 Å². The van der Waals surface area contributed by atoms with Crippen molar-refractivity contribution >= 4 is 30.3 Å². The highest BCUT2D eigenvalue weighted by molar-refractivity contribution is 5.81. The first-order valence-electron chi connectivity index (χ1n) is 23.9. The van der Waals surface area contributed by atoms with Crippen molar-refractivity contribution in [2.24, 2.45) is 0 Å². The van der Waals surface area contributed by atoms with E-state index < -0.39 is 138 Å². The molecule has 3 heterocycles. The third-order valence-electron chi connectivity index (χ3n) is 11.0. The molecule has 0 radical (unpaired) electrons. The van der Waals surface area contributed by atoms with Gasteiger partial charge in [-0.25, -0.2) is 19.2 Å². The first kappa shape index (κ1) is 57.8. The Labute approximate surface area is 405 Å². The molecule has 1 saturated carbocycles. The highest BCUT2D eigenvalue weighted by atomic mass is 16.8. The van der Waals surface area contributed by atoms with E-state index in [0.717, 1.165) is 0 Å². The van der Waals surface area contributed by atoms with Crippen molar-refractivity contribution in [3.05, 3.63) is 0 Å². The molecule has 0 aromatic heterocycles. The smallest absolute Gasteiger partial charge is 0.408 e. The fraction of sp³-hybridized carbons (Fsp3) is 0.891. The second-order valence-corrected chi connectivity index (χ2v) is 22.4. The number of nitrogens with one attached hydrogen (secondary N) is 5. The maximum Gasteiger partial charge on any atom is 0.408 e. The largest absolute Gasteiger partial charge is 0.444 e. The van der Waals surface area contributed by atoms with Gasteiger partial charge in [-0.3, -0.25) is 4.79 Å². The zero-order chi connectivity index (χ0) is 52.0. The SMILES string of the molecule is CCC1CCC(NC(=O)OC(C)(C)C)[C@@H](OC2C(O)[C@@H](O[C@H]3OC4COC(C)(C)O[C@H]4[C@H](NC(=O)OC(C)(C)C)C3O)[C@H](NC(=O)[C@@H](O)CCNC(=O)OC(C)(C)C)C[C@@H]2NC(=O)OC(C)(C)C)O1. The zero-order valence-corrected chi connectivity index (χ0v) is 43.0. The van der Waals surface area contributed by atoms with Crippen molar-refractivity contribution in [3.63, 3.8) is 0 Å². The van der Waals surface area contributed by atoms with Crippen LogP contribution >= 0.6 is 0 Å². The van der Waals surface area contributed by atoms with Gasteiger partial charge in [0.25, 0.3) is 0 Å². The second-order valence-electron chi connectivity index (χ2n) is 22.4. The monoisotopic (exact) mass is 992 g/mol. The zero-order valence-electron chi connectivity index (χ0n) is 43.0. The fourth-order valence-corrected chi connectivity index (χ4v) is 8.10. The lowest BCUT2D eigenvalue weighted by atomic mass is 9.83. The van der Waals surface area contributed by atoms with Crippen LogP contribution in [-0.2, 0) is 52.2 Å². The Bertz CT molecular complexity index is 1740. The maximum atomic E-state index is 13.9. The Balaban J connectivity index is 1.74. The third-order valence-corrected chi connectivity index (χ3v) is 11.0. The van der Waals surface area contributed by atoms with Gasteiger partial charge in [0, 0.05) is 6.54 Å². The van der Waals surface area contributed by atoms with Crippen molar-refractivity contribution in [2.45, 2.75) is 250 Å². The summed E-state index contributed by atoms with van der Waals surface area (Å²) in [5.74, 6) is -2.10. The van der Waals surface area contributed by atoms with E-state index in [9.17, 15) is 39.3 Å². The Morgan fingerprint density at radius 2 is 1.14 bits per heavy atom. The van der Waals surface area contributed by atoms with Gasteiger partial charge in [0.05, 0.1) is 36.9 Å². The summed E-state index contributed by atoms with van der Waals surface area (Å²) in [6.07, 6.45) is -15.8. The minimum absolute atomic E-state index is 0.0784. The molecule has 4 rings (SSSR count). The quantitative estimate of drug-likeness (QED) is 0.123. The lowest BCUT2D eigenvalue weighted by Crippen LogP contribution is -2.72. The van der Waals surface area contributed by atoms with Gasteiger partial charge in [0.1, 0.15) is 65.1 Å². The van der Waals surface area contributed by atoms with Crippen LogP contribution in [0.3, 0.4) is 0 Å². The number of aliphatic hydroxyl groups is 3. The summed E-state index contributed by atoms with van der Waals surface area (Å²) < 4.78 is 59.7. The highest BCUT2D eigenvalue weighted by Gasteiger charge is 2.56. The number of rotatable bonds is 13. The third kappa shape index (κ3) is 18.4. The van der Waals surface area contributed by atoms with Crippen LogP contribution in [0.5, 0.6) is 0 Å². The van der Waals surface area contributed by atoms with Gasteiger partial charge in [-0.1, -0.05) is 6.92 Å². The molecule has 0 spiro atoms. The van der Waals surface area contributed by atoms with E-state index >= 15 is 0 Å². The molecule has 14 atom stereocenters. The number of amides is 5. The molecule has 0 aromatic carbocycles. The van der Waals surface area contributed by atoms with E-state index in [1.54, 1.807) is 96.9 Å². The van der Waals surface area contributed by atoms with Crippen LogP contribution in [0.1, 0.15) is 136 Å². The molecule has 8 N–H and O–H groups in total. The van der Waals surface area contributed by atoms with Crippen LogP contribution in [0.4, 0.5) is 19.2 Å². The van der Waals surface area contributed by atoms with E-state index in [1.807, 2.05) is 6.92 Å². The maximum absolute atomic E-state index is 13.9. The average Bonchev–Trinajstić information content (AvgIpc) is 3.16. The number of aliphatic hydroxyl groups excluding tert-OH is 3. The summed E-state index contributed by atoms with van der Waals surface area (Å²) in [6, 6.07) is -4.54. The molecule has 4 aliphatic rings. The van der Waals surface area contributed by atoms with Gasteiger partial charge >= 0.3 is 24.4 Å². The van der Waals surface area contributed by atoms with Crippen molar-refractivity contribution in [2.75, 3.05) is 13.2 Å². The Morgan fingerprint density at radius 1 is 0.652 bits per heavy atom. The summed E-state index contributed by atoms with van der Waals surface area (Å²) in [4.78, 5) is 66.1. The number of ether oxygens (including phenoxy) is 10. The molecule has 23 nitrogen and oxygen atoms in total. The number of carbonyl (C=O) groups is 5. The van der Waals surface area contributed by atoms with Crippen LogP contribution in [0.2, 0.25) is 0 Å². The number of hydrogen-bond acceptors (Lipinski definition) is 18. The Kier molecular flexibility index (Phi) is 19.4. The van der Waals surface area contributed by atoms with Gasteiger partial charge in [-0.05, 0) is 129 Å². The molecule has 0 aromatic rings. The molecule has 3 aliphatic heterocycles. The van der Waals surface area contributed by atoms with Crippen LogP contribution in [0.15, 0.2) is 0 Å². The summed E-state index contributed by atoms with van der Waals surface area (Å²) in [7, 11) is 0. The minimum atomic E-state index is -1.83. The summed E-state index contributed by atoms with van der Waals surface area (Å²) in [5, 5.41) is 49.3. The van der Waals surface area contributed by atoms with E-state index in [1.165, 1.54) is 0 Å². The first-order chi connectivity index (χ1) is 31.6. The molecule has 3 saturated heterocycles. The van der Waals surface area contributed by atoms with Crippen LogP contribution < -0.4 is 26.6 Å². The van der Waals surface area contributed by atoms with Crippen LogP contribution in [-0.4, -0.2) is 173 Å². The standard InChI is InChI=1S/C46H81N5O18/c1-16-23-17-18-24(49-39(57)67-43(5,6)7)36(61-23)63-33-26(50-40(58)68-44(8,9)10)21-25(48-35(55)27(52)19-20-47-38(56)66-42(2,3)4)32(31(33)54)64-37-30(53)29(51-41(59)69-45(11,12)13)34-28(62-37)22-60-46(14,15)65-34/h23-34,36-37,52-54H,16-22H2,1-15H3,(H,47,56)(H,48,55)(H,49,57)(H,50,58)(H,51,59)/t23?,24?,25-,26+,27+,28?,29-,30?,31?,32+,33?,34-,36-,37-/m1/s1. The van der Waals surface area contributed by atoms with Crippen molar-refractivity contribution in [3.8, 4) is 0 Å². The van der Waals surface area contributed by atoms with Crippen molar-refractivity contribution in [1.82, 2.24) is 26.6 Å². The number of fused-ring (bicyclic) bond motifs is 1. The lowest BCUT2D eigenvalue weighted by Gasteiger charge is -2.52. The minimum Gasteiger partial charge on any atom is -0.444 e. The molecule has 1 aliphatic carbocycles. The summed E-state index contributed by atoms with van der Waals surface area (Å²) in [5.41, 5.74) is -3.52. The highest BCUT2D eigenvalue weighted by Crippen LogP contribution is 2.37. The fourth-order valence-electron chi connectivity index (χ4n) is 8.10. The molecule has 4 fully saturated rings. The number of carbonyl (C=O) groups excluding carboxylic acids is 5. The average molecular weight is 992 g/mol. The molecule has 69 heavy (non-hydrogen) atoms. The van der Waals surface area contributed by atoms with Crippen LogP contribution in [0, 0.1) is 0 Å². The first-order valence-corrected chi connectivity index (χ1v) is 23.9.